The van der Waals surface area contributed by atoms with Gasteiger partial charge in [0.15, 0.2) is 0 Å². The Morgan fingerprint density at radius 3 is 2.35 bits per heavy atom. The molecular formula is C29H33NO3S. The highest BCUT2D eigenvalue weighted by Crippen LogP contribution is 2.64. The van der Waals surface area contributed by atoms with Crippen LogP contribution in [0.5, 0.6) is 0 Å². The molecule has 1 unspecified atom stereocenters. The van der Waals surface area contributed by atoms with Crippen LogP contribution in [0.15, 0.2) is 54.6 Å². The average molecular weight is 476 g/mol. The van der Waals surface area contributed by atoms with Crippen molar-refractivity contribution in [3.05, 3.63) is 65.7 Å². The number of allylic oxidation sites excluding steroid dienone is 1. The molecule has 3 fully saturated rings. The van der Waals surface area contributed by atoms with E-state index >= 15 is 0 Å². The summed E-state index contributed by atoms with van der Waals surface area (Å²) >= 11 is 0. The molecule has 34 heavy (non-hydrogen) atoms. The SMILES string of the molecule is CC1(C)C2CC[C@@]1(CS(=O)(=O)N1CCC3(C=Cc4ccc(-c5ccccc5)cc43)CC1)C(=O)C2. The zero-order valence-electron chi connectivity index (χ0n) is 20.1. The van der Waals surface area contributed by atoms with Crippen molar-refractivity contribution in [1.29, 1.82) is 0 Å². The zero-order chi connectivity index (χ0) is 23.8. The van der Waals surface area contributed by atoms with E-state index in [9.17, 15) is 13.2 Å². The van der Waals surface area contributed by atoms with E-state index in [-0.39, 0.29) is 22.4 Å². The highest BCUT2D eigenvalue weighted by atomic mass is 32.2. The van der Waals surface area contributed by atoms with Crippen molar-refractivity contribution in [2.24, 2.45) is 16.7 Å². The number of rotatable bonds is 4. The van der Waals surface area contributed by atoms with Gasteiger partial charge in [-0.1, -0.05) is 68.5 Å². The maximum atomic E-state index is 13.6. The number of nitrogens with zero attached hydrogens (tertiary/aromatic N) is 1. The molecule has 2 bridgehead atoms. The molecule has 0 radical (unpaired) electrons. The average Bonchev–Trinajstić information content (AvgIpc) is 3.36. The van der Waals surface area contributed by atoms with E-state index in [0.717, 1.165) is 25.7 Å². The van der Waals surface area contributed by atoms with Gasteiger partial charge in [0.2, 0.25) is 10.0 Å². The van der Waals surface area contributed by atoms with Gasteiger partial charge in [-0.2, -0.15) is 0 Å². The second-order valence-electron chi connectivity index (χ2n) is 11.5. The first-order valence-corrected chi connectivity index (χ1v) is 14.2. The van der Waals surface area contributed by atoms with Gasteiger partial charge < -0.3 is 0 Å². The summed E-state index contributed by atoms with van der Waals surface area (Å²) in [6, 6.07) is 17.1. The minimum Gasteiger partial charge on any atom is -0.299 e. The topological polar surface area (TPSA) is 54.5 Å². The van der Waals surface area contributed by atoms with Crippen molar-refractivity contribution >= 4 is 21.9 Å². The van der Waals surface area contributed by atoms with Gasteiger partial charge >= 0.3 is 0 Å². The van der Waals surface area contributed by atoms with Crippen LogP contribution in [0.25, 0.3) is 17.2 Å². The number of hydrogen-bond donors (Lipinski definition) is 0. The highest BCUT2D eigenvalue weighted by Gasteiger charge is 2.65. The molecule has 4 nitrogen and oxygen atoms in total. The Bertz CT molecular complexity index is 1290. The molecule has 4 aliphatic rings. The van der Waals surface area contributed by atoms with E-state index in [1.807, 2.05) is 6.07 Å². The number of carbonyl (C=O) groups is 1. The second-order valence-corrected chi connectivity index (χ2v) is 13.4. The van der Waals surface area contributed by atoms with E-state index < -0.39 is 15.4 Å². The normalized spacial score (nSPS) is 29.1. The number of piperidine rings is 1. The molecule has 1 heterocycles. The summed E-state index contributed by atoms with van der Waals surface area (Å²) in [6.07, 6.45) is 8.30. The summed E-state index contributed by atoms with van der Waals surface area (Å²) in [5.41, 5.74) is 3.93. The summed E-state index contributed by atoms with van der Waals surface area (Å²) in [7, 11) is -3.50. The van der Waals surface area contributed by atoms with E-state index in [2.05, 4.69) is 68.5 Å². The lowest BCUT2D eigenvalue weighted by Crippen LogP contribution is -2.50. The summed E-state index contributed by atoms with van der Waals surface area (Å²) in [4.78, 5) is 12.9. The third kappa shape index (κ3) is 3.06. The van der Waals surface area contributed by atoms with E-state index in [1.165, 1.54) is 22.3 Å². The number of carbonyl (C=O) groups excluding carboxylic acids is 1. The molecule has 2 saturated carbocycles. The van der Waals surface area contributed by atoms with Gasteiger partial charge in [0.25, 0.3) is 0 Å². The summed E-state index contributed by atoms with van der Waals surface area (Å²) in [5.74, 6) is 0.491. The van der Waals surface area contributed by atoms with Crippen LogP contribution < -0.4 is 0 Å². The van der Waals surface area contributed by atoms with E-state index in [1.54, 1.807) is 4.31 Å². The molecular weight excluding hydrogens is 442 g/mol. The van der Waals surface area contributed by atoms with Crippen molar-refractivity contribution in [3.8, 4) is 11.1 Å². The van der Waals surface area contributed by atoms with Crippen LogP contribution in [-0.4, -0.2) is 37.3 Å². The first-order chi connectivity index (χ1) is 16.2. The molecule has 0 N–H and O–H groups in total. The van der Waals surface area contributed by atoms with Crippen molar-refractivity contribution in [3.63, 3.8) is 0 Å². The van der Waals surface area contributed by atoms with Crippen molar-refractivity contribution in [2.75, 3.05) is 18.8 Å². The monoisotopic (exact) mass is 475 g/mol. The smallest absolute Gasteiger partial charge is 0.215 e. The second kappa shape index (κ2) is 7.38. The molecule has 178 valence electrons. The fraction of sp³-hybridized carbons (Fsp3) is 0.483. The lowest BCUT2D eigenvalue weighted by atomic mass is 9.70. The number of benzene rings is 2. The highest BCUT2D eigenvalue weighted by molar-refractivity contribution is 7.89. The quantitative estimate of drug-likeness (QED) is 0.592. The van der Waals surface area contributed by atoms with E-state index in [4.69, 9.17) is 0 Å². The van der Waals surface area contributed by atoms with E-state index in [0.29, 0.717) is 25.4 Å². The van der Waals surface area contributed by atoms with Gasteiger partial charge in [-0.15, -0.1) is 0 Å². The minimum atomic E-state index is -3.50. The molecule has 0 amide bonds. The third-order valence-electron chi connectivity index (χ3n) is 9.85. The molecule has 2 atom stereocenters. The van der Waals surface area contributed by atoms with Gasteiger partial charge in [-0.05, 0) is 65.3 Å². The summed E-state index contributed by atoms with van der Waals surface area (Å²) in [6.45, 7) is 5.24. The van der Waals surface area contributed by atoms with Crippen LogP contribution in [0.4, 0.5) is 0 Å². The van der Waals surface area contributed by atoms with Gasteiger partial charge in [-0.25, -0.2) is 12.7 Å². The van der Waals surface area contributed by atoms with Gasteiger partial charge in [-0.3, -0.25) is 4.79 Å². The molecule has 3 aliphatic carbocycles. The van der Waals surface area contributed by atoms with Crippen LogP contribution in [0.3, 0.4) is 0 Å². The molecule has 1 saturated heterocycles. The Hall–Kier alpha value is -2.24. The summed E-state index contributed by atoms with van der Waals surface area (Å²) in [5, 5.41) is 0. The van der Waals surface area contributed by atoms with Crippen LogP contribution in [0.1, 0.15) is 57.1 Å². The molecule has 2 aromatic rings. The lowest BCUT2D eigenvalue weighted by Gasteiger charge is -2.41. The van der Waals surface area contributed by atoms with Crippen LogP contribution in [0.2, 0.25) is 0 Å². The maximum absolute atomic E-state index is 13.6. The van der Waals surface area contributed by atoms with Crippen LogP contribution in [0, 0.1) is 16.7 Å². The summed E-state index contributed by atoms with van der Waals surface area (Å²) < 4.78 is 28.9. The van der Waals surface area contributed by atoms with Crippen molar-refractivity contribution in [1.82, 2.24) is 4.31 Å². The Kier molecular flexibility index (Phi) is 4.83. The third-order valence-corrected chi connectivity index (χ3v) is 11.9. The van der Waals surface area contributed by atoms with Crippen LogP contribution >= 0.6 is 0 Å². The lowest BCUT2D eigenvalue weighted by molar-refractivity contribution is -0.128. The maximum Gasteiger partial charge on any atom is 0.215 e. The minimum absolute atomic E-state index is 0.0140. The fourth-order valence-corrected chi connectivity index (χ4v) is 9.61. The standard InChI is InChI=1S/C29H33NO3S/c1-27(2)24-11-13-29(27,26(31)19-24)20-34(32,33)30-16-14-28(15-17-30)12-10-22-8-9-23(18-25(22)28)21-6-4-3-5-7-21/h3-10,12,18,24H,11,13-17,19-20H2,1-2H3/t24?,29-/m1/s1. The van der Waals surface area contributed by atoms with Gasteiger partial charge in [0.05, 0.1) is 5.75 Å². The zero-order valence-corrected chi connectivity index (χ0v) is 20.9. The first-order valence-electron chi connectivity index (χ1n) is 12.6. The molecule has 1 spiro atoms. The Labute approximate surface area is 203 Å². The predicted octanol–water partition coefficient (Wildman–Crippen LogP) is 5.44. The molecule has 0 aromatic heterocycles. The Morgan fingerprint density at radius 2 is 1.71 bits per heavy atom. The number of fused-ring (bicyclic) bond motifs is 4. The van der Waals surface area contributed by atoms with Crippen molar-refractivity contribution in [2.45, 2.75) is 51.4 Å². The number of sulfonamides is 1. The first kappa shape index (κ1) is 22.2. The molecule has 5 heteroatoms. The largest absolute Gasteiger partial charge is 0.299 e. The van der Waals surface area contributed by atoms with Crippen LogP contribution in [-0.2, 0) is 20.2 Å². The van der Waals surface area contributed by atoms with Gasteiger partial charge in [0.1, 0.15) is 5.78 Å². The molecule has 2 aromatic carbocycles. The van der Waals surface area contributed by atoms with Gasteiger partial charge in [0, 0.05) is 30.3 Å². The number of Topliss-reactive ketones (excluding diaryl/α,β-unsaturated/α-hetero) is 1. The fourth-order valence-electron chi connectivity index (χ4n) is 7.39. The molecule has 6 rings (SSSR count). The number of ketones is 1. The number of hydrogen-bond acceptors (Lipinski definition) is 3. The predicted molar refractivity (Wildman–Crippen MR) is 136 cm³/mol. The Balaban J connectivity index is 1.23. The van der Waals surface area contributed by atoms with Crippen molar-refractivity contribution < 1.29 is 13.2 Å². The molecule has 1 aliphatic heterocycles. The Morgan fingerprint density at radius 1 is 0.971 bits per heavy atom.